The van der Waals surface area contributed by atoms with Gasteiger partial charge in [-0.15, -0.1) is 0 Å². The van der Waals surface area contributed by atoms with Gasteiger partial charge in [-0.1, -0.05) is 12.1 Å². The molecule has 0 amide bonds. The number of aryl methyl sites for hydroxylation is 1. The van der Waals surface area contributed by atoms with Gasteiger partial charge in [0.25, 0.3) is 0 Å². The van der Waals surface area contributed by atoms with Crippen LogP contribution in [-0.4, -0.2) is 32.4 Å². The Balaban J connectivity index is 1.84. The Morgan fingerprint density at radius 3 is 2.78 bits per heavy atom. The smallest absolute Gasteiger partial charge is 0.392 e. The first-order chi connectivity index (χ1) is 10.8. The lowest BCUT2D eigenvalue weighted by atomic mass is 10.0. The van der Waals surface area contributed by atoms with E-state index >= 15 is 0 Å². The molecular formula is C16H18F3N3O. The van der Waals surface area contributed by atoms with Crippen LogP contribution in [0.25, 0.3) is 0 Å². The molecular weight excluding hydrogens is 307 g/mol. The van der Waals surface area contributed by atoms with Crippen LogP contribution < -0.4 is 0 Å². The second-order valence-electron chi connectivity index (χ2n) is 5.98. The Labute approximate surface area is 132 Å². The Hall–Kier alpha value is -1.86. The van der Waals surface area contributed by atoms with Gasteiger partial charge in [0.2, 0.25) is 0 Å². The van der Waals surface area contributed by atoms with Crippen LogP contribution in [0.5, 0.6) is 0 Å². The van der Waals surface area contributed by atoms with Crippen LogP contribution in [0, 0.1) is 0 Å². The Kier molecular flexibility index (Phi) is 4.16. The number of benzene rings is 1. The summed E-state index contributed by atoms with van der Waals surface area (Å²) in [5, 5.41) is 14.1. The van der Waals surface area contributed by atoms with Crippen molar-refractivity contribution in [3.8, 4) is 0 Å². The molecule has 1 fully saturated rings. The van der Waals surface area contributed by atoms with Gasteiger partial charge >= 0.3 is 6.18 Å². The third kappa shape index (κ3) is 3.56. The number of aliphatic hydroxyl groups is 1. The molecule has 2 atom stereocenters. The second-order valence-corrected chi connectivity index (χ2v) is 5.98. The van der Waals surface area contributed by atoms with Crippen molar-refractivity contribution in [2.24, 2.45) is 7.05 Å². The highest BCUT2D eigenvalue weighted by atomic mass is 19.4. The van der Waals surface area contributed by atoms with Gasteiger partial charge in [-0.3, -0.25) is 9.58 Å². The lowest BCUT2D eigenvalue weighted by molar-refractivity contribution is -0.137. The van der Waals surface area contributed by atoms with Crippen LogP contribution in [0.2, 0.25) is 0 Å². The summed E-state index contributed by atoms with van der Waals surface area (Å²) in [6, 6.07) is 5.13. The van der Waals surface area contributed by atoms with Crippen LogP contribution in [0.15, 0.2) is 36.7 Å². The quantitative estimate of drug-likeness (QED) is 0.943. The van der Waals surface area contributed by atoms with E-state index in [0.29, 0.717) is 25.1 Å². The molecule has 23 heavy (non-hydrogen) atoms. The molecule has 1 aliphatic rings. The molecule has 3 rings (SSSR count). The molecule has 1 aromatic heterocycles. The van der Waals surface area contributed by atoms with Crippen molar-refractivity contribution in [1.82, 2.24) is 14.7 Å². The van der Waals surface area contributed by atoms with Crippen molar-refractivity contribution in [3.63, 3.8) is 0 Å². The monoisotopic (exact) mass is 325 g/mol. The third-order valence-electron chi connectivity index (χ3n) is 4.12. The second kappa shape index (κ2) is 5.98. The molecule has 0 radical (unpaired) electrons. The van der Waals surface area contributed by atoms with E-state index in [9.17, 15) is 18.3 Å². The molecule has 0 aliphatic carbocycles. The van der Waals surface area contributed by atoms with E-state index in [1.54, 1.807) is 16.9 Å². The van der Waals surface area contributed by atoms with Crippen molar-refractivity contribution in [3.05, 3.63) is 53.3 Å². The van der Waals surface area contributed by atoms with E-state index in [4.69, 9.17) is 0 Å². The first kappa shape index (κ1) is 16.0. The predicted molar refractivity (Wildman–Crippen MR) is 78.4 cm³/mol. The fourth-order valence-corrected chi connectivity index (χ4v) is 3.11. The molecule has 0 unspecified atom stereocenters. The topological polar surface area (TPSA) is 41.3 Å². The zero-order valence-electron chi connectivity index (χ0n) is 12.7. The van der Waals surface area contributed by atoms with Crippen LogP contribution in [0.1, 0.15) is 29.2 Å². The molecule has 1 aliphatic heterocycles. The molecule has 7 heteroatoms. The lowest BCUT2D eigenvalue weighted by Gasteiger charge is -2.24. The maximum absolute atomic E-state index is 12.9. The maximum Gasteiger partial charge on any atom is 0.416 e. The summed E-state index contributed by atoms with van der Waals surface area (Å²) in [6.07, 6.45) is -0.865. The largest absolute Gasteiger partial charge is 0.416 e. The van der Waals surface area contributed by atoms with Crippen molar-refractivity contribution < 1.29 is 18.3 Å². The van der Waals surface area contributed by atoms with Gasteiger partial charge in [-0.2, -0.15) is 18.3 Å². The van der Waals surface area contributed by atoms with Crippen LogP contribution >= 0.6 is 0 Å². The minimum Gasteiger partial charge on any atom is -0.392 e. The Morgan fingerprint density at radius 2 is 2.13 bits per heavy atom. The molecule has 2 aromatic rings. The van der Waals surface area contributed by atoms with Crippen molar-refractivity contribution in [1.29, 1.82) is 0 Å². The molecule has 0 saturated carbocycles. The summed E-state index contributed by atoms with van der Waals surface area (Å²) >= 11 is 0. The first-order valence-corrected chi connectivity index (χ1v) is 7.40. The summed E-state index contributed by atoms with van der Waals surface area (Å²) in [5.41, 5.74) is 0.900. The SMILES string of the molecule is Cn1cc(CN2C[C@H](O)C[C@@H]2c2cccc(C(F)(F)F)c2)cn1. The number of rotatable bonds is 3. The first-order valence-electron chi connectivity index (χ1n) is 7.40. The van der Waals surface area contributed by atoms with Gasteiger partial charge in [0.05, 0.1) is 17.9 Å². The van der Waals surface area contributed by atoms with E-state index < -0.39 is 17.8 Å². The van der Waals surface area contributed by atoms with Crippen LogP contribution in [0.4, 0.5) is 13.2 Å². The van der Waals surface area contributed by atoms with Crippen molar-refractivity contribution in [2.75, 3.05) is 6.54 Å². The van der Waals surface area contributed by atoms with Crippen molar-refractivity contribution in [2.45, 2.75) is 31.3 Å². The van der Waals surface area contributed by atoms with Gasteiger partial charge < -0.3 is 5.11 Å². The van der Waals surface area contributed by atoms with Crippen LogP contribution in [-0.2, 0) is 19.8 Å². The molecule has 0 spiro atoms. The van der Waals surface area contributed by atoms with Gasteiger partial charge in [0, 0.05) is 37.9 Å². The van der Waals surface area contributed by atoms with E-state index in [-0.39, 0.29) is 6.04 Å². The summed E-state index contributed by atoms with van der Waals surface area (Å²) in [5.74, 6) is 0. The summed E-state index contributed by atoms with van der Waals surface area (Å²) in [6.45, 7) is 0.988. The summed E-state index contributed by atoms with van der Waals surface area (Å²) in [4.78, 5) is 2.00. The summed E-state index contributed by atoms with van der Waals surface area (Å²) in [7, 11) is 1.81. The van der Waals surface area contributed by atoms with E-state index in [1.807, 2.05) is 18.1 Å². The number of halogens is 3. The zero-order chi connectivity index (χ0) is 16.6. The number of hydrogen-bond acceptors (Lipinski definition) is 3. The fourth-order valence-electron chi connectivity index (χ4n) is 3.11. The molecule has 2 heterocycles. The lowest BCUT2D eigenvalue weighted by Crippen LogP contribution is -2.24. The summed E-state index contributed by atoms with van der Waals surface area (Å²) < 4.78 is 40.4. The molecule has 124 valence electrons. The van der Waals surface area contributed by atoms with E-state index in [0.717, 1.165) is 11.6 Å². The van der Waals surface area contributed by atoms with Gasteiger partial charge in [0.1, 0.15) is 0 Å². The minimum atomic E-state index is -4.36. The Bertz CT molecular complexity index is 683. The normalized spacial score (nSPS) is 22.7. The molecule has 0 bridgehead atoms. The van der Waals surface area contributed by atoms with Crippen LogP contribution in [0.3, 0.4) is 0 Å². The van der Waals surface area contributed by atoms with Gasteiger partial charge in [-0.05, 0) is 24.1 Å². The highest BCUT2D eigenvalue weighted by Crippen LogP contribution is 2.36. The predicted octanol–water partition coefficient (Wildman–Crippen LogP) is 2.75. The highest BCUT2D eigenvalue weighted by Gasteiger charge is 2.35. The number of likely N-dealkylation sites (tertiary alicyclic amines) is 1. The zero-order valence-corrected chi connectivity index (χ0v) is 12.7. The molecule has 1 saturated heterocycles. The van der Waals surface area contributed by atoms with E-state index in [2.05, 4.69) is 5.10 Å². The van der Waals surface area contributed by atoms with Gasteiger partial charge in [-0.25, -0.2) is 0 Å². The van der Waals surface area contributed by atoms with Crippen molar-refractivity contribution >= 4 is 0 Å². The number of β-amino-alcohol motifs (C(OH)–C–C–N with tert-alkyl or cyclic N) is 1. The average molecular weight is 325 g/mol. The number of nitrogens with zero attached hydrogens (tertiary/aromatic N) is 3. The Morgan fingerprint density at radius 1 is 1.35 bits per heavy atom. The standard InChI is InChI=1S/C16H18F3N3O/c1-21-8-11(7-20-21)9-22-10-14(23)6-15(22)12-3-2-4-13(5-12)16(17,18)19/h2-5,7-8,14-15,23H,6,9-10H2,1H3/t14-,15-/m1/s1. The highest BCUT2D eigenvalue weighted by molar-refractivity contribution is 5.29. The molecule has 4 nitrogen and oxygen atoms in total. The molecule has 1 N–H and O–H groups in total. The average Bonchev–Trinajstić information content (AvgIpc) is 3.04. The fraction of sp³-hybridized carbons (Fsp3) is 0.438. The maximum atomic E-state index is 12.9. The number of hydrogen-bond donors (Lipinski definition) is 1. The number of aromatic nitrogens is 2. The number of alkyl halides is 3. The third-order valence-corrected chi connectivity index (χ3v) is 4.12. The number of aliphatic hydroxyl groups excluding tert-OH is 1. The van der Waals surface area contributed by atoms with E-state index in [1.165, 1.54) is 12.1 Å². The van der Waals surface area contributed by atoms with Gasteiger partial charge in [0.15, 0.2) is 0 Å². The molecule has 1 aromatic carbocycles. The minimum absolute atomic E-state index is 0.229.